The first kappa shape index (κ1) is 7.81. The molecule has 0 aliphatic heterocycles. The number of nitrogens with two attached hydrogens (primary N) is 1. The Morgan fingerprint density at radius 2 is 2.27 bits per heavy atom. The number of rotatable bonds is 1. The summed E-state index contributed by atoms with van der Waals surface area (Å²) < 4.78 is 0. The molecule has 11 heavy (non-hydrogen) atoms. The van der Waals surface area contributed by atoms with Gasteiger partial charge in [0.05, 0.1) is 0 Å². The lowest BCUT2D eigenvalue weighted by Crippen LogP contribution is -2.12. The molecule has 0 radical (unpaired) electrons. The molecule has 4 nitrogen and oxygen atoms in total. The van der Waals surface area contributed by atoms with Gasteiger partial charge in [0.25, 0.3) is 5.91 Å². The predicted molar refractivity (Wildman–Crippen MR) is 39.4 cm³/mol. The standard InChI is InChI=1S/C6H5ClN2O2/c7-5-4(10)2-1-3(9-5)6(8)11/h1-2,10H,(H2,8,11). The molecular formula is C6H5ClN2O2. The van der Waals surface area contributed by atoms with Gasteiger partial charge in [-0.25, -0.2) is 4.98 Å². The number of carbonyl (C=O) groups excluding carboxylic acids is 1. The molecule has 1 aromatic rings. The van der Waals surface area contributed by atoms with E-state index in [2.05, 4.69) is 4.98 Å². The molecule has 1 amide bonds. The lowest BCUT2D eigenvalue weighted by molar-refractivity contribution is 0.0995. The van der Waals surface area contributed by atoms with Gasteiger partial charge in [-0.15, -0.1) is 0 Å². The van der Waals surface area contributed by atoms with Gasteiger partial charge in [0.2, 0.25) is 0 Å². The van der Waals surface area contributed by atoms with E-state index in [1.165, 1.54) is 12.1 Å². The third kappa shape index (κ3) is 1.59. The van der Waals surface area contributed by atoms with Gasteiger partial charge in [0, 0.05) is 0 Å². The second-order valence-electron chi connectivity index (χ2n) is 1.87. The molecule has 5 heteroatoms. The van der Waals surface area contributed by atoms with Crippen LogP contribution in [0.25, 0.3) is 0 Å². The van der Waals surface area contributed by atoms with Crippen LogP contribution in [-0.4, -0.2) is 16.0 Å². The zero-order valence-electron chi connectivity index (χ0n) is 5.41. The van der Waals surface area contributed by atoms with E-state index in [0.717, 1.165) is 0 Å². The SMILES string of the molecule is NC(=O)c1ccc(O)c(Cl)n1. The molecule has 0 saturated heterocycles. The minimum atomic E-state index is -0.674. The maximum atomic E-state index is 10.5. The van der Waals surface area contributed by atoms with Gasteiger partial charge < -0.3 is 10.8 Å². The molecule has 1 aromatic heterocycles. The van der Waals surface area contributed by atoms with E-state index >= 15 is 0 Å². The van der Waals surface area contributed by atoms with Gasteiger partial charge >= 0.3 is 0 Å². The van der Waals surface area contributed by atoms with Crippen molar-refractivity contribution in [3.63, 3.8) is 0 Å². The van der Waals surface area contributed by atoms with E-state index in [9.17, 15) is 4.79 Å². The van der Waals surface area contributed by atoms with Crippen LogP contribution in [0, 0.1) is 0 Å². The number of nitrogens with zero attached hydrogens (tertiary/aromatic N) is 1. The summed E-state index contributed by atoms with van der Waals surface area (Å²) in [5, 5.41) is 8.76. The zero-order chi connectivity index (χ0) is 8.43. The molecule has 0 saturated carbocycles. The van der Waals surface area contributed by atoms with E-state index in [1.54, 1.807) is 0 Å². The number of aromatic hydroxyl groups is 1. The van der Waals surface area contributed by atoms with Crippen LogP contribution in [0.3, 0.4) is 0 Å². The van der Waals surface area contributed by atoms with Crippen LogP contribution in [0.15, 0.2) is 12.1 Å². The Balaban J connectivity index is 3.15. The number of hydrogen-bond donors (Lipinski definition) is 2. The van der Waals surface area contributed by atoms with Crippen molar-refractivity contribution in [2.24, 2.45) is 5.73 Å². The van der Waals surface area contributed by atoms with Crippen LogP contribution in [0.5, 0.6) is 5.75 Å². The van der Waals surface area contributed by atoms with Crippen molar-refractivity contribution in [3.8, 4) is 5.75 Å². The topological polar surface area (TPSA) is 76.2 Å². The summed E-state index contributed by atoms with van der Waals surface area (Å²) in [5.41, 5.74) is 4.93. The van der Waals surface area contributed by atoms with Gasteiger partial charge in [-0.1, -0.05) is 11.6 Å². The smallest absolute Gasteiger partial charge is 0.267 e. The fraction of sp³-hybridized carbons (Fsp3) is 0. The molecule has 0 aliphatic rings. The van der Waals surface area contributed by atoms with Gasteiger partial charge in [-0.3, -0.25) is 4.79 Å². The van der Waals surface area contributed by atoms with Gasteiger partial charge in [-0.2, -0.15) is 0 Å². The number of amides is 1. The number of aromatic nitrogens is 1. The summed E-state index contributed by atoms with van der Waals surface area (Å²) in [7, 11) is 0. The van der Waals surface area contributed by atoms with Crippen LogP contribution in [-0.2, 0) is 0 Å². The maximum Gasteiger partial charge on any atom is 0.267 e. The first-order valence-corrected chi connectivity index (χ1v) is 3.14. The molecule has 0 bridgehead atoms. The average Bonchev–Trinajstić information content (AvgIpc) is 1.94. The van der Waals surface area contributed by atoms with Crippen molar-refractivity contribution in [3.05, 3.63) is 23.0 Å². The average molecular weight is 173 g/mol. The van der Waals surface area contributed by atoms with Gasteiger partial charge in [0.15, 0.2) is 10.9 Å². The summed E-state index contributed by atoms with van der Waals surface area (Å²) in [4.78, 5) is 14.0. The first-order valence-electron chi connectivity index (χ1n) is 2.76. The lowest BCUT2D eigenvalue weighted by atomic mass is 10.3. The second-order valence-corrected chi connectivity index (χ2v) is 2.23. The van der Waals surface area contributed by atoms with Crippen molar-refractivity contribution in [2.75, 3.05) is 0 Å². The normalized spacial score (nSPS) is 9.55. The largest absolute Gasteiger partial charge is 0.505 e. The third-order valence-corrected chi connectivity index (χ3v) is 1.36. The predicted octanol–water partition coefficient (Wildman–Crippen LogP) is 0.539. The summed E-state index contributed by atoms with van der Waals surface area (Å²) in [6, 6.07) is 2.55. The minimum Gasteiger partial charge on any atom is -0.505 e. The number of pyridine rings is 1. The van der Waals surface area contributed by atoms with Crippen LogP contribution >= 0.6 is 11.6 Å². The Morgan fingerprint density at radius 1 is 1.64 bits per heavy atom. The number of hydrogen-bond acceptors (Lipinski definition) is 3. The number of primary amides is 1. The summed E-state index contributed by atoms with van der Waals surface area (Å²) in [6.07, 6.45) is 0. The monoisotopic (exact) mass is 172 g/mol. The Morgan fingerprint density at radius 3 is 2.73 bits per heavy atom. The van der Waals surface area contributed by atoms with Gasteiger partial charge in [0.1, 0.15) is 5.69 Å². The maximum absolute atomic E-state index is 10.5. The highest BCUT2D eigenvalue weighted by molar-refractivity contribution is 6.30. The molecule has 0 aliphatic carbocycles. The summed E-state index contributed by atoms with van der Waals surface area (Å²) in [6.45, 7) is 0. The summed E-state index contributed by atoms with van der Waals surface area (Å²) in [5.74, 6) is -0.844. The first-order chi connectivity index (χ1) is 5.11. The molecule has 3 N–H and O–H groups in total. The van der Waals surface area contributed by atoms with Crippen LogP contribution < -0.4 is 5.73 Å². The highest BCUT2D eigenvalue weighted by Gasteiger charge is 2.05. The van der Waals surface area contributed by atoms with Crippen LogP contribution in [0.1, 0.15) is 10.5 Å². The lowest BCUT2D eigenvalue weighted by Gasteiger charge is -1.96. The molecule has 1 rings (SSSR count). The Bertz CT molecular complexity index is 301. The highest BCUT2D eigenvalue weighted by Crippen LogP contribution is 2.19. The van der Waals surface area contributed by atoms with Crippen LogP contribution in [0.4, 0.5) is 0 Å². The van der Waals surface area contributed by atoms with Crippen molar-refractivity contribution in [1.29, 1.82) is 0 Å². The van der Waals surface area contributed by atoms with Gasteiger partial charge in [-0.05, 0) is 12.1 Å². The molecule has 0 spiro atoms. The Hall–Kier alpha value is -1.29. The van der Waals surface area contributed by atoms with Crippen molar-refractivity contribution >= 4 is 17.5 Å². The quantitative estimate of drug-likeness (QED) is 0.607. The van der Waals surface area contributed by atoms with E-state index in [4.69, 9.17) is 22.4 Å². The molecular weight excluding hydrogens is 168 g/mol. The number of carbonyl (C=O) groups is 1. The zero-order valence-corrected chi connectivity index (χ0v) is 6.17. The van der Waals surface area contributed by atoms with E-state index in [-0.39, 0.29) is 16.6 Å². The summed E-state index contributed by atoms with van der Waals surface area (Å²) >= 11 is 5.39. The minimum absolute atomic E-state index is 0.0350. The van der Waals surface area contributed by atoms with Crippen molar-refractivity contribution in [1.82, 2.24) is 4.98 Å². The highest BCUT2D eigenvalue weighted by atomic mass is 35.5. The van der Waals surface area contributed by atoms with Crippen LogP contribution in [0.2, 0.25) is 5.15 Å². The molecule has 0 unspecified atom stereocenters. The molecule has 0 fully saturated rings. The van der Waals surface area contributed by atoms with Crippen molar-refractivity contribution in [2.45, 2.75) is 0 Å². The van der Waals surface area contributed by atoms with E-state index in [1.807, 2.05) is 0 Å². The Kier molecular flexibility index (Phi) is 1.96. The third-order valence-electron chi connectivity index (χ3n) is 1.08. The van der Waals surface area contributed by atoms with E-state index < -0.39 is 5.91 Å². The second kappa shape index (κ2) is 2.75. The molecule has 58 valence electrons. The molecule has 0 aromatic carbocycles. The molecule has 1 heterocycles. The fourth-order valence-electron chi connectivity index (χ4n) is 0.564. The fourth-order valence-corrected chi connectivity index (χ4v) is 0.718. The van der Waals surface area contributed by atoms with Crippen molar-refractivity contribution < 1.29 is 9.90 Å². The Labute approximate surface area is 67.6 Å². The molecule has 0 atom stereocenters. The van der Waals surface area contributed by atoms with E-state index in [0.29, 0.717) is 0 Å². The number of halogens is 1.